The first kappa shape index (κ1) is 14.0. The maximum atomic E-state index is 11.7. The SMILES string of the molecule is COC(=O)c1cccc(Br)c1COc1ccn(S)n1. The van der Waals surface area contributed by atoms with Gasteiger partial charge in [0.15, 0.2) is 0 Å². The average Bonchev–Trinajstić information content (AvgIpc) is 2.82. The number of hydrogen-bond donors (Lipinski definition) is 1. The minimum absolute atomic E-state index is 0.205. The van der Waals surface area contributed by atoms with E-state index >= 15 is 0 Å². The van der Waals surface area contributed by atoms with Crippen molar-refractivity contribution >= 4 is 34.7 Å². The van der Waals surface area contributed by atoms with E-state index in [4.69, 9.17) is 9.47 Å². The highest BCUT2D eigenvalue weighted by Crippen LogP contribution is 2.23. The first-order chi connectivity index (χ1) is 9.11. The van der Waals surface area contributed by atoms with E-state index in [2.05, 4.69) is 33.8 Å². The fourth-order valence-electron chi connectivity index (χ4n) is 1.53. The summed E-state index contributed by atoms with van der Waals surface area (Å²) in [6.07, 6.45) is 1.65. The van der Waals surface area contributed by atoms with E-state index in [1.54, 1.807) is 24.4 Å². The predicted molar refractivity (Wildman–Crippen MR) is 76.4 cm³/mol. The Morgan fingerprint density at radius 1 is 1.47 bits per heavy atom. The number of carbonyl (C=O) groups excluding carboxylic acids is 1. The van der Waals surface area contributed by atoms with Gasteiger partial charge in [-0.3, -0.25) is 0 Å². The molecule has 0 radical (unpaired) electrons. The summed E-state index contributed by atoms with van der Waals surface area (Å²) in [6.45, 7) is 0.205. The van der Waals surface area contributed by atoms with Crippen LogP contribution in [-0.2, 0) is 11.3 Å². The molecule has 0 saturated heterocycles. The van der Waals surface area contributed by atoms with Gasteiger partial charge in [-0.05, 0) is 24.9 Å². The lowest BCUT2D eigenvalue weighted by molar-refractivity contribution is 0.0597. The topological polar surface area (TPSA) is 53.4 Å². The van der Waals surface area contributed by atoms with Gasteiger partial charge in [0.2, 0.25) is 5.88 Å². The molecule has 0 aliphatic heterocycles. The number of ether oxygens (including phenoxy) is 2. The Balaban J connectivity index is 2.21. The fourth-order valence-corrected chi connectivity index (χ4v) is 2.16. The van der Waals surface area contributed by atoms with Gasteiger partial charge in [-0.2, -0.15) is 0 Å². The Kier molecular flexibility index (Phi) is 4.49. The second-order valence-electron chi connectivity index (χ2n) is 3.62. The van der Waals surface area contributed by atoms with Gasteiger partial charge in [-0.25, -0.2) is 8.88 Å². The van der Waals surface area contributed by atoms with Crippen LogP contribution < -0.4 is 4.74 Å². The number of aromatic nitrogens is 2. The third-order valence-electron chi connectivity index (χ3n) is 2.44. The predicted octanol–water partition coefficient (Wildman–Crippen LogP) is 2.70. The van der Waals surface area contributed by atoms with Crippen LogP contribution in [0.5, 0.6) is 5.88 Å². The second-order valence-corrected chi connectivity index (χ2v) is 4.88. The van der Waals surface area contributed by atoms with Gasteiger partial charge in [0.05, 0.1) is 12.7 Å². The molecule has 2 aromatic rings. The monoisotopic (exact) mass is 342 g/mol. The van der Waals surface area contributed by atoms with Crippen molar-refractivity contribution in [2.75, 3.05) is 7.11 Å². The van der Waals surface area contributed by atoms with E-state index in [1.807, 2.05) is 6.07 Å². The maximum absolute atomic E-state index is 11.7. The molecule has 5 nitrogen and oxygen atoms in total. The summed E-state index contributed by atoms with van der Waals surface area (Å²) >= 11 is 7.41. The average molecular weight is 343 g/mol. The van der Waals surface area contributed by atoms with E-state index in [-0.39, 0.29) is 6.61 Å². The molecule has 0 fully saturated rings. The van der Waals surface area contributed by atoms with Gasteiger partial charge in [0.1, 0.15) is 6.61 Å². The summed E-state index contributed by atoms with van der Waals surface area (Å²) < 4.78 is 12.4. The molecular formula is C12H11BrN2O3S. The molecule has 7 heteroatoms. The molecule has 0 aliphatic carbocycles. The Labute approximate surface area is 124 Å². The number of nitrogens with zero attached hydrogens (tertiary/aromatic N) is 2. The number of carbonyl (C=O) groups is 1. The lowest BCUT2D eigenvalue weighted by Gasteiger charge is -2.10. The number of hydrogen-bond acceptors (Lipinski definition) is 5. The van der Waals surface area contributed by atoms with Gasteiger partial charge >= 0.3 is 5.97 Å². The van der Waals surface area contributed by atoms with Gasteiger partial charge in [0, 0.05) is 22.3 Å². The van der Waals surface area contributed by atoms with Crippen molar-refractivity contribution in [2.45, 2.75) is 6.61 Å². The van der Waals surface area contributed by atoms with Crippen molar-refractivity contribution in [3.8, 4) is 5.88 Å². The third-order valence-corrected chi connectivity index (χ3v) is 3.41. The molecule has 1 heterocycles. The lowest BCUT2D eigenvalue weighted by atomic mass is 10.1. The summed E-state index contributed by atoms with van der Waals surface area (Å²) in [6, 6.07) is 6.97. The minimum Gasteiger partial charge on any atom is -0.472 e. The molecule has 0 amide bonds. The first-order valence-electron chi connectivity index (χ1n) is 5.35. The normalized spacial score (nSPS) is 10.3. The van der Waals surface area contributed by atoms with Crippen LogP contribution in [0.4, 0.5) is 0 Å². The van der Waals surface area contributed by atoms with Crippen LogP contribution in [0.15, 0.2) is 34.9 Å². The number of methoxy groups -OCH3 is 1. The highest BCUT2D eigenvalue weighted by atomic mass is 79.9. The van der Waals surface area contributed by atoms with Crippen LogP contribution in [0, 0.1) is 0 Å². The van der Waals surface area contributed by atoms with Crippen LogP contribution in [0.3, 0.4) is 0 Å². The van der Waals surface area contributed by atoms with Crippen LogP contribution in [0.1, 0.15) is 15.9 Å². The molecule has 0 unspecified atom stereocenters. The zero-order valence-electron chi connectivity index (χ0n) is 10.0. The van der Waals surface area contributed by atoms with E-state index < -0.39 is 5.97 Å². The second kappa shape index (κ2) is 6.12. The van der Waals surface area contributed by atoms with E-state index in [1.165, 1.54) is 11.2 Å². The van der Waals surface area contributed by atoms with Crippen molar-refractivity contribution in [3.05, 3.63) is 46.1 Å². The molecule has 2 rings (SSSR count). The molecule has 1 aromatic heterocycles. The Bertz CT molecular complexity index is 600. The summed E-state index contributed by atoms with van der Waals surface area (Å²) in [5, 5.41) is 3.98. The zero-order chi connectivity index (χ0) is 13.8. The lowest BCUT2D eigenvalue weighted by Crippen LogP contribution is -2.09. The van der Waals surface area contributed by atoms with Crippen molar-refractivity contribution in [1.82, 2.24) is 9.19 Å². The van der Waals surface area contributed by atoms with Gasteiger partial charge in [-0.1, -0.05) is 22.0 Å². The van der Waals surface area contributed by atoms with Gasteiger partial charge < -0.3 is 9.47 Å². The van der Waals surface area contributed by atoms with E-state index in [0.29, 0.717) is 17.0 Å². The highest BCUT2D eigenvalue weighted by Gasteiger charge is 2.15. The Morgan fingerprint density at radius 3 is 2.89 bits per heavy atom. The molecule has 0 bridgehead atoms. The first-order valence-corrected chi connectivity index (χ1v) is 6.54. The van der Waals surface area contributed by atoms with Gasteiger partial charge in [0.25, 0.3) is 0 Å². The molecule has 0 saturated carbocycles. The number of halogens is 1. The largest absolute Gasteiger partial charge is 0.472 e. The number of thiol groups is 1. The summed E-state index contributed by atoms with van der Waals surface area (Å²) in [4.78, 5) is 11.7. The molecule has 1 aromatic carbocycles. The summed E-state index contributed by atoms with van der Waals surface area (Å²) in [5.41, 5.74) is 1.17. The third kappa shape index (κ3) is 3.30. The van der Waals surface area contributed by atoms with Crippen LogP contribution in [0.25, 0.3) is 0 Å². The summed E-state index contributed by atoms with van der Waals surface area (Å²) in [7, 11) is 1.34. The smallest absolute Gasteiger partial charge is 0.338 e. The van der Waals surface area contributed by atoms with Crippen LogP contribution in [-0.4, -0.2) is 22.3 Å². The standard InChI is InChI=1S/C12H11BrN2O3S/c1-17-12(16)8-3-2-4-10(13)9(8)7-18-11-5-6-15(19)14-11/h2-6,19H,7H2,1H3. The fraction of sp³-hybridized carbons (Fsp3) is 0.167. The molecule has 0 atom stereocenters. The Hall–Kier alpha value is -1.47. The molecular weight excluding hydrogens is 332 g/mol. The number of benzene rings is 1. The van der Waals surface area contributed by atoms with Crippen molar-refractivity contribution in [3.63, 3.8) is 0 Å². The zero-order valence-corrected chi connectivity index (χ0v) is 12.5. The molecule has 19 heavy (non-hydrogen) atoms. The molecule has 0 aliphatic rings. The molecule has 0 spiro atoms. The van der Waals surface area contributed by atoms with Crippen LogP contribution >= 0.6 is 28.7 Å². The minimum atomic E-state index is -0.403. The van der Waals surface area contributed by atoms with Crippen molar-refractivity contribution in [2.24, 2.45) is 0 Å². The van der Waals surface area contributed by atoms with Crippen molar-refractivity contribution in [1.29, 1.82) is 0 Å². The van der Waals surface area contributed by atoms with E-state index in [0.717, 1.165) is 4.47 Å². The van der Waals surface area contributed by atoms with Crippen LogP contribution in [0.2, 0.25) is 0 Å². The summed E-state index contributed by atoms with van der Waals surface area (Å²) in [5.74, 6) is 0.0289. The number of esters is 1. The van der Waals surface area contributed by atoms with Crippen molar-refractivity contribution < 1.29 is 14.3 Å². The van der Waals surface area contributed by atoms with Gasteiger partial charge in [-0.15, -0.1) is 5.10 Å². The van der Waals surface area contributed by atoms with E-state index in [9.17, 15) is 4.79 Å². The maximum Gasteiger partial charge on any atom is 0.338 e. The quantitative estimate of drug-likeness (QED) is 0.685. The highest BCUT2D eigenvalue weighted by molar-refractivity contribution is 9.10. The Morgan fingerprint density at radius 2 is 2.26 bits per heavy atom. The number of rotatable bonds is 4. The molecule has 100 valence electrons. The molecule has 0 N–H and O–H groups in total.